The summed E-state index contributed by atoms with van der Waals surface area (Å²) in [6.45, 7) is -0.526. The summed E-state index contributed by atoms with van der Waals surface area (Å²) in [6.07, 6.45) is 1.16. The van der Waals surface area contributed by atoms with E-state index in [4.69, 9.17) is 4.74 Å². The van der Waals surface area contributed by atoms with Gasteiger partial charge in [-0.25, -0.2) is 5.43 Å². The highest BCUT2D eigenvalue weighted by molar-refractivity contribution is 5.88. The van der Waals surface area contributed by atoms with Gasteiger partial charge in [-0.3, -0.25) is 19.7 Å². The van der Waals surface area contributed by atoms with Gasteiger partial charge in [-0.1, -0.05) is 30.3 Å². The molecule has 0 saturated carbocycles. The number of carbonyl (C=O) groups excluding carboxylic acids is 2. The maximum absolute atomic E-state index is 11.6. The van der Waals surface area contributed by atoms with Crippen LogP contribution in [0.1, 0.15) is 5.56 Å². The molecule has 2 aromatic rings. The van der Waals surface area contributed by atoms with Crippen LogP contribution >= 0.6 is 0 Å². The van der Waals surface area contributed by atoms with E-state index in [-0.39, 0.29) is 24.4 Å². The molecule has 0 radical (unpaired) electrons. The molecule has 0 bridgehead atoms. The summed E-state index contributed by atoms with van der Waals surface area (Å²) in [7, 11) is 0. The number of nitro groups is 1. The monoisotopic (exact) mass is 356 g/mol. The number of nitrogens with one attached hydrogen (secondary N) is 2. The van der Waals surface area contributed by atoms with Gasteiger partial charge in [0.05, 0.1) is 23.2 Å². The highest BCUT2D eigenvalue weighted by atomic mass is 16.6. The maximum Gasteiger partial charge on any atom is 0.278 e. The third-order valence-corrected chi connectivity index (χ3v) is 3.09. The fourth-order valence-electron chi connectivity index (χ4n) is 1.87. The van der Waals surface area contributed by atoms with Crippen molar-refractivity contribution >= 4 is 23.7 Å². The average Bonchev–Trinajstić information content (AvgIpc) is 2.66. The minimum atomic E-state index is -0.576. The molecule has 0 spiro atoms. The second-order valence-electron chi connectivity index (χ2n) is 4.99. The zero-order valence-electron chi connectivity index (χ0n) is 13.6. The summed E-state index contributed by atoms with van der Waals surface area (Å²) in [4.78, 5) is 33.5. The highest BCUT2D eigenvalue weighted by Crippen LogP contribution is 2.14. The van der Waals surface area contributed by atoms with Gasteiger partial charge in [-0.05, 0) is 18.2 Å². The van der Waals surface area contributed by atoms with Gasteiger partial charge < -0.3 is 10.1 Å². The van der Waals surface area contributed by atoms with Crippen LogP contribution in [-0.4, -0.2) is 36.1 Å². The molecule has 2 rings (SSSR count). The van der Waals surface area contributed by atoms with E-state index in [0.29, 0.717) is 5.75 Å². The number of benzene rings is 2. The highest BCUT2D eigenvalue weighted by Gasteiger charge is 2.10. The number of hydrazone groups is 1. The molecule has 9 nitrogen and oxygen atoms in total. The minimum absolute atomic E-state index is 0.128. The number of nitro benzene ring substituents is 1. The van der Waals surface area contributed by atoms with Crippen LogP contribution in [0.2, 0.25) is 0 Å². The molecule has 0 aliphatic rings. The molecule has 0 aliphatic carbocycles. The Morgan fingerprint density at radius 2 is 1.77 bits per heavy atom. The van der Waals surface area contributed by atoms with Crippen molar-refractivity contribution in [3.8, 4) is 5.75 Å². The Labute approximate surface area is 148 Å². The molecule has 134 valence electrons. The van der Waals surface area contributed by atoms with E-state index in [1.807, 2.05) is 6.07 Å². The Bertz CT molecular complexity index is 808. The second kappa shape index (κ2) is 9.52. The summed E-state index contributed by atoms with van der Waals surface area (Å²) in [5, 5.41) is 16.9. The molecule has 0 fully saturated rings. The van der Waals surface area contributed by atoms with Gasteiger partial charge in [0.1, 0.15) is 5.75 Å². The Hall–Kier alpha value is -3.75. The van der Waals surface area contributed by atoms with E-state index in [9.17, 15) is 19.7 Å². The van der Waals surface area contributed by atoms with Crippen molar-refractivity contribution < 1.29 is 19.2 Å². The molecule has 2 amide bonds. The number of para-hydroxylation sites is 2. The Morgan fingerprint density at radius 1 is 1.08 bits per heavy atom. The molecule has 0 atom stereocenters. The first-order valence-electron chi connectivity index (χ1n) is 7.56. The third kappa shape index (κ3) is 6.04. The molecule has 2 aromatic carbocycles. The zero-order chi connectivity index (χ0) is 18.8. The number of carbonyl (C=O) groups is 2. The summed E-state index contributed by atoms with van der Waals surface area (Å²) in [5.74, 6) is -0.499. The fourth-order valence-corrected chi connectivity index (χ4v) is 1.87. The predicted molar refractivity (Wildman–Crippen MR) is 93.8 cm³/mol. The van der Waals surface area contributed by atoms with Crippen molar-refractivity contribution in [2.75, 3.05) is 13.2 Å². The topological polar surface area (TPSA) is 123 Å². The van der Waals surface area contributed by atoms with Crippen LogP contribution < -0.4 is 15.5 Å². The summed E-state index contributed by atoms with van der Waals surface area (Å²) >= 11 is 0. The van der Waals surface area contributed by atoms with Gasteiger partial charge in [0.15, 0.2) is 6.61 Å². The van der Waals surface area contributed by atoms with E-state index in [2.05, 4.69) is 15.8 Å². The lowest BCUT2D eigenvalue weighted by molar-refractivity contribution is -0.385. The van der Waals surface area contributed by atoms with E-state index in [0.717, 1.165) is 6.21 Å². The number of rotatable bonds is 8. The number of amides is 2. The normalized spacial score (nSPS) is 10.3. The van der Waals surface area contributed by atoms with Gasteiger partial charge in [0.2, 0.25) is 0 Å². The quantitative estimate of drug-likeness (QED) is 0.418. The van der Waals surface area contributed by atoms with Crippen LogP contribution in [-0.2, 0) is 9.59 Å². The van der Waals surface area contributed by atoms with Crippen molar-refractivity contribution in [1.82, 2.24) is 10.7 Å². The third-order valence-electron chi connectivity index (χ3n) is 3.09. The van der Waals surface area contributed by atoms with E-state index in [1.54, 1.807) is 30.3 Å². The van der Waals surface area contributed by atoms with E-state index < -0.39 is 16.7 Å². The van der Waals surface area contributed by atoms with Gasteiger partial charge in [-0.2, -0.15) is 5.10 Å². The van der Waals surface area contributed by atoms with Crippen LogP contribution in [0.5, 0.6) is 5.75 Å². The van der Waals surface area contributed by atoms with Gasteiger partial charge >= 0.3 is 0 Å². The molecule has 0 saturated heterocycles. The van der Waals surface area contributed by atoms with Crippen LogP contribution in [0.25, 0.3) is 0 Å². The van der Waals surface area contributed by atoms with Gasteiger partial charge in [0.25, 0.3) is 17.5 Å². The van der Waals surface area contributed by atoms with Crippen LogP contribution in [0, 0.1) is 10.1 Å². The molecule has 2 N–H and O–H groups in total. The standard InChI is InChI=1S/C17H16N4O5/c22-16(11-18-17(23)12-26-14-7-2-1-3-8-14)20-19-10-13-6-4-5-9-15(13)21(24)25/h1-10H,11-12H2,(H,18,23)(H,20,22). The van der Waals surface area contributed by atoms with Crippen LogP contribution in [0.4, 0.5) is 5.69 Å². The number of hydrogen-bond acceptors (Lipinski definition) is 6. The Balaban J connectivity index is 1.73. The molecule has 0 heterocycles. The lowest BCUT2D eigenvalue weighted by Gasteiger charge is -2.06. The largest absolute Gasteiger partial charge is 0.484 e. The number of hydrogen-bond donors (Lipinski definition) is 2. The Morgan fingerprint density at radius 3 is 2.50 bits per heavy atom. The van der Waals surface area contributed by atoms with Crippen LogP contribution in [0.3, 0.4) is 0 Å². The number of nitrogens with zero attached hydrogens (tertiary/aromatic N) is 2. The average molecular weight is 356 g/mol. The zero-order valence-corrected chi connectivity index (χ0v) is 13.6. The molecule has 0 aliphatic heterocycles. The smallest absolute Gasteiger partial charge is 0.278 e. The first-order chi connectivity index (χ1) is 12.6. The summed E-state index contributed by atoms with van der Waals surface area (Å²) in [5.41, 5.74) is 2.30. The predicted octanol–water partition coefficient (Wildman–Crippen LogP) is 1.24. The first kappa shape index (κ1) is 18.6. The molecular weight excluding hydrogens is 340 g/mol. The number of ether oxygens (including phenoxy) is 1. The molecule has 26 heavy (non-hydrogen) atoms. The lowest BCUT2D eigenvalue weighted by atomic mass is 10.2. The molecule has 0 aromatic heterocycles. The van der Waals surface area contributed by atoms with Crippen LogP contribution in [0.15, 0.2) is 59.7 Å². The summed E-state index contributed by atoms with van der Waals surface area (Å²) in [6, 6.07) is 14.7. The Kier molecular flexibility index (Phi) is 6.81. The van der Waals surface area contributed by atoms with E-state index >= 15 is 0 Å². The second-order valence-corrected chi connectivity index (χ2v) is 4.99. The first-order valence-corrected chi connectivity index (χ1v) is 7.56. The summed E-state index contributed by atoms with van der Waals surface area (Å²) < 4.78 is 5.24. The van der Waals surface area contributed by atoms with E-state index in [1.165, 1.54) is 18.2 Å². The van der Waals surface area contributed by atoms with Crippen molar-refractivity contribution in [1.29, 1.82) is 0 Å². The molecule has 0 unspecified atom stereocenters. The van der Waals surface area contributed by atoms with Crippen molar-refractivity contribution in [2.24, 2.45) is 5.10 Å². The molecule has 9 heteroatoms. The van der Waals surface area contributed by atoms with Crippen molar-refractivity contribution in [3.63, 3.8) is 0 Å². The maximum atomic E-state index is 11.6. The minimum Gasteiger partial charge on any atom is -0.484 e. The fraction of sp³-hybridized carbons (Fsp3) is 0.118. The lowest BCUT2D eigenvalue weighted by Crippen LogP contribution is -2.37. The van der Waals surface area contributed by atoms with Crippen molar-refractivity contribution in [3.05, 3.63) is 70.3 Å². The SMILES string of the molecule is O=C(COc1ccccc1)NCC(=O)NN=Cc1ccccc1[N+](=O)[O-]. The van der Waals surface area contributed by atoms with Gasteiger partial charge in [0, 0.05) is 6.07 Å². The van der Waals surface area contributed by atoms with Gasteiger partial charge in [-0.15, -0.1) is 0 Å². The molecular formula is C17H16N4O5. The van der Waals surface area contributed by atoms with Crippen molar-refractivity contribution in [2.45, 2.75) is 0 Å².